The van der Waals surface area contributed by atoms with E-state index in [-0.39, 0.29) is 18.0 Å². The molecular weight excluding hydrogens is 514 g/mol. The molecular formula is C25H29Cl2F3N5O+. The van der Waals surface area contributed by atoms with Crippen molar-refractivity contribution in [2.75, 3.05) is 51.6 Å². The molecule has 0 radical (unpaired) electrons. The van der Waals surface area contributed by atoms with E-state index in [1.165, 1.54) is 17.7 Å². The minimum Gasteiger partial charge on any atom is -0.387 e. The van der Waals surface area contributed by atoms with Crippen LogP contribution >= 0.6 is 23.2 Å². The highest BCUT2D eigenvalue weighted by Gasteiger charge is 2.40. The first-order valence-electron chi connectivity index (χ1n) is 12.1. The Hall–Kier alpha value is -2.04. The van der Waals surface area contributed by atoms with E-state index in [9.17, 15) is 18.3 Å². The van der Waals surface area contributed by atoms with Crippen molar-refractivity contribution in [2.24, 2.45) is 0 Å². The number of nitrogens with zero attached hydrogens (tertiary/aromatic N) is 3. The summed E-state index contributed by atoms with van der Waals surface area (Å²) in [5.41, 5.74) is 2.38. The minimum absolute atomic E-state index is 0.0703. The first-order valence-corrected chi connectivity index (χ1v) is 12.8. The molecule has 6 nitrogen and oxygen atoms in total. The first-order chi connectivity index (χ1) is 17.0. The number of hydrogen-bond donors (Lipinski definition) is 3. The molecule has 0 saturated carbocycles. The molecule has 0 spiro atoms. The van der Waals surface area contributed by atoms with Crippen LogP contribution in [0.4, 0.5) is 19.0 Å². The van der Waals surface area contributed by atoms with Crippen molar-refractivity contribution in [1.29, 1.82) is 0 Å². The molecule has 3 N–H and O–H groups in total. The van der Waals surface area contributed by atoms with Crippen molar-refractivity contribution in [3.63, 3.8) is 0 Å². The zero-order valence-electron chi connectivity index (χ0n) is 19.9. The fraction of sp³-hybridized carbons (Fsp3) is 0.480. The number of fused-ring (bicyclic) bond motifs is 3. The molecule has 0 amide bonds. The van der Waals surface area contributed by atoms with Crippen LogP contribution in [0, 0.1) is 0 Å². The van der Waals surface area contributed by atoms with E-state index in [2.05, 4.69) is 27.2 Å². The summed E-state index contributed by atoms with van der Waals surface area (Å²) in [5, 5.41) is 14.7. The summed E-state index contributed by atoms with van der Waals surface area (Å²) < 4.78 is 40.3. The summed E-state index contributed by atoms with van der Waals surface area (Å²) in [7, 11) is 2.18. The number of quaternary nitrogens is 1. The number of likely N-dealkylation sites (N-methyl/N-ethyl adjacent to an activating group) is 1. The Labute approximate surface area is 217 Å². The number of anilines is 1. The second-order valence-electron chi connectivity index (χ2n) is 10.1. The zero-order chi connectivity index (χ0) is 25.7. The van der Waals surface area contributed by atoms with Gasteiger partial charge in [-0.05, 0) is 42.3 Å². The second-order valence-corrected chi connectivity index (χ2v) is 11.0. The van der Waals surface area contributed by atoms with Crippen LogP contribution in [0.1, 0.15) is 29.4 Å². The summed E-state index contributed by atoms with van der Waals surface area (Å²) in [6.07, 6.45) is -3.28. The number of benzene rings is 1. The second kappa shape index (κ2) is 9.68. The lowest BCUT2D eigenvalue weighted by Crippen LogP contribution is -2.51. The summed E-state index contributed by atoms with van der Waals surface area (Å²) >= 11 is 12.0. The van der Waals surface area contributed by atoms with Crippen LogP contribution in [0.25, 0.3) is 10.9 Å². The van der Waals surface area contributed by atoms with E-state index in [0.717, 1.165) is 53.6 Å². The highest BCUT2D eigenvalue weighted by Crippen LogP contribution is 2.38. The molecule has 5 rings (SSSR count). The third kappa shape index (κ3) is 5.17. The van der Waals surface area contributed by atoms with Crippen LogP contribution in [-0.2, 0) is 12.6 Å². The predicted octanol–water partition coefficient (Wildman–Crippen LogP) is 5.11. The Balaban J connectivity index is 1.37. The molecule has 11 heteroatoms. The van der Waals surface area contributed by atoms with Crippen LogP contribution in [-0.4, -0.2) is 76.9 Å². The van der Waals surface area contributed by atoms with Crippen molar-refractivity contribution in [3.05, 3.63) is 57.3 Å². The largest absolute Gasteiger partial charge is 0.434 e. The molecule has 3 atom stereocenters. The van der Waals surface area contributed by atoms with Crippen molar-refractivity contribution in [1.82, 2.24) is 14.9 Å². The fourth-order valence-corrected chi connectivity index (χ4v) is 6.05. The Morgan fingerprint density at radius 1 is 1.25 bits per heavy atom. The number of pyridine rings is 1. The molecule has 2 aromatic heterocycles. The van der Waals surface area contributed by atoms with Crippen molar-refractivity contribution < 1.29 is 22.8 Å². The lowest BCUT2D eigenvalue weighted by atomic mass is 9.96. The molecule has 2 aliphatic heterocycles. The maximum absolute atomic E-state index is 13.2. The van der Waals surface area contributed by atoms with E-state index in [0.29, 0.717) is 24.7 Å². The van der Waals surface area contributed by atoms with Crippen LogP contribution < -0.4 is 5.32 Å². The number of aliphatic hydroxyl groups is 1. The van der Waals surface area contributed by atoms with Crippen molar-refractivity contribution in [3.8, 4) is 0 Å². The summed E-state index contributed by atoms with van der Waals surface area (Å²) in [6.45, 7) is 4.29. The van der Waals surface area contributed by atoms with Crippen molar-refractivity contribution in [2.45, 2.75) is 31.2 Å². The number of aromatic nitrogens is 2. The number of halogens is 5. The maximum atomic E-state index is 13.2. The Morgan fingerprint density at radius 2 is 2.06 bits per heavy atom. The van der Waals surface area contributed by atoms with Gasteiger partial charge in [0, 0.05) is 47.7 Å². The van der Waals surface area contributed by atoms with Gasteiger partial charge in [0.1, 0.15) is 31.1 Å². The lowest BCUT2D eigenvalue weighted by Gasteiger charge is -2.41. The van der Waals surface area contributed by atoms with Gasteiger partial charge in [-0.15, -0.1) is 0 Å². The molecule has 1 fully saturated rings. The highest BCUT2D eigenvalue weighted by atomic mass is 35.5. The molecule has 194 valence electrons. The van der Waals surface area contributed by atoms with Gasteiger partial charge in [0.05, 0.1) is 18.6 Å². The molecule has 3 aromatic rings. The quantitative estimate of drug-likeness (QED) is 0.379. The summed E-state index contributed by atoms with van der Waals surface area (Å²) in [5.74, 6) is 0.142. The smallest absolute Gasteiger partial charge is 0.387 e. The molecule has 4 heterocycles. The predicted molar refractivity (Wildman–Crippen MR) is 135 cm³/mol. The van der Waals surface area contributed by atoms with Gasteiger partial charge in [-0.3, -0.25) is 4.90 Å². The van der Waals surface area contributed by atoms with Gasteiger partial charge in [0.2, 0.25) is 0 Å². The topological polar surface area (TPSA) is 64.2 Å². The number of alkyl halides is 3. The van der Waals surface area contributed by atoms with Crippen LogP contribution in [0.15, 0.2) is 30.3 Å². The molecule has 3 unspecified atom stereocenters. The van der Waals surface area contributed by atoms with Gasteiger partial charge >= 0.3 is 6.18 Å². The van der Waals surface area contributed by atoms with E-state index in [1.807, 2.05) is 18.2 Å². The van der Waals surface area contributed by atoms with E-state index in [1.54, 1.807) is 0 Å². The van der Waals surface area contributed by atoms with Gasteiger partial charge in [0.25, 0.3) is 0 Å². The number of nitrogens with one attached hydrogen (secondary N) is 2. The van der Waals surface area contributed by atoms with Crippen molar-refractivity contribution >= 4 is 39.9 Å². The third-order valence-electron chi connectivity index (χ3n) is 7.41. The van der Waals surface area contributed by atoms with E-state index in [4.69, 9.17) is 23.2 Å². The Kier molecular flexibility index (Phi) is 6.89. The average Bonchev–Trinajstić information content (AvgIpc) is 3.34. The number of H-pyrrole nitrogens is 1. The zero-order valence-corrected chi connectivity index (χ0v) is 21.4. The SMILES string of the molecule is C[N+]1(CC2c3[nH]c4ccc(Cl)cc4c3CCN2CCNc2ccc(Cl)c(C(F)(F)F)n2)CCC(O)C1. The number of aliphatic hydroxyl groups excluding tert-OH is 1. The van der Waals surface area contributed by atoms with Gasteiger partial charge in [-0.2, -0.15) is 13.2 Å². The highest BCUT2D eigenvalue weighted by molar-refractivity contribution is 6.31. The number of rotatable bonds is 6. The standard InChI is InChI=1S/C25H29Cl2F3N5O/c1-35(11-7-16(36)13-35)14-21-23-17(18-12-15(26)2-4-20(18)32-23)6-9-34(21)10-8-31-22-5-3-19(27)24(33-22)25(28,29)30/h2-5,12,16,21,32,36H,6-11,13-14H2,1H3,(H,31,33)/q+1. The lowest BCUT2D eigenvalue weighted by molar-refractivity contribution is -0.901. The summed E-state index contributed by atoms with van der Waals surface area (Å²) in [4.78, 5) is 9.67. The summed E-state index contributed by atoms with van der Waals surface area (Å²) in [6, 6.07) is 8.63. The van der Waals surface area contributed by atoms with Crippen LogP contribution in [0.3, 0.4) is 0 Å². The van der Waals surface area contributed by atoms with Gasteiger partial charge in [0.15, 0.2) is 5.69 Å². The molecule has 1 aromatic carbocycles. The minimum atomic E-state index is -4.61. The van der Waals surface area contributed by atoms with E-state index < -0.39 is 16.9 Å². The molecule has 2 aliphatic rings. The molecule has 0 bridgehead atoms. The average molecular weight is 543 g/mol. The monoisotopic (exact) mass is 542 g/mol. The molecule has 1 saturated heterocycles. The van der Waals surface area contributed by atoms with Gasteiger partial charge < -0.3 is 19.9 Å². The number of likely N-dealkylation sites (tertiary alicyclic amines) is 1. The van der Waals surface area contributed by atoms with Gasteiger partial charge in [-0.25, -0.2) is 4.98 Å². The fourth-order valence-electron chi connectivity index (χ4n) is 5.67. The molecule has 0 aliphatic carbocycles. The maximum Gasteiger partial charge on any atom is 0.434 e. The first kappa shape index (κ1) is 25.6. The number of hydrogen-bond acceptors (Lipinski definition) is 4. The number of aromatic amines is 1. The Bertz CT molecular complexity index is 1270. The normalized spacial score (nSPS) is 24.9. The van der Waals surface area contributed by atoms with E-state index >= 15 is 0 Å². The van der Waals surface area contributed by atoms with Crippen LogP contribution in [0.5, 0.6) is 0 Å². The molecule has 36 heavy (non-hydrogen) atoms. The Morgan fingerprint density at radius 3 is 2.78 bits per heavy atom. The third-order valence-corrected chi connectivity index (χ3v) is 7.95. The van der Waals surface area contributed by atoms with Gasteiger partial charge in [-0.1, -0.05) is 23.2 Å². The van der Waals surface area contributed by atoms with Crippen LogP contribution in [0.2, 0.25) is 10.0 Å².